The average Bonchev–Trinajstić information content (AvgIpc) is 2.56. The van der Waals surface area contributed by atoms with Gasteiger partial charge in [-0.3, -0.25) is 14.8 Å². The number of carbonyl (C=O) groups excluding carboxylic acids is 1. The minimum Gasteiger partial charge on any atom is -0.356 e. The molecule has 0 aliphatic carbocycles. The molecule has 0 bridgehead atoms. The summed E-state index contributed by atoms with van der Waals surface area (Å²) in [5.74, 6) is -1.23. The number of likely N-dealkylation sites (N-methyl/N-ethyl adjacent to an activating group) is 1. The summed E-state index contributed by atoms with van der Waals surface area (Å²) in [6, 6.07) is 6.83. The van der Waals surface area contributed by atoms with Crippen LogP contribution in [-0.4, -0.2) is 41.1 Å². The van der Waals surface area contributed by atoms with Crippen molar-refractivity contribution in [3.63, 3.8) is 0 Å². The second-order valence-electron chi connectivity index (χ2n) is 5.11. The number of halogens is 3. The van der Waals surface area contributed by atoms with E-state index < -0.39 is 17.7 Å². The molecule has 2 aromatic rings. The van der Waals surface area contributed by atoms with Gasteiger partial charge in [-0.1, -0.05) is 30.3 Å². The summed E-state index contributed by atoms with van der Waals surface area (Å²) in [4.78, 5) is 21.4. The van der Waals surface area contributed by atoms with Crippen LogP contribution in [0.3, 0.4) is 0 Å². The molecule has 128 valence electrons. The van der Waals surface area contributed by atoms with Crippen molar-refractivity contribution in [2.45, 2.75) is 18.3 Å². The zero-order valence-electron chi connectivity index (χ0n) is 13.1. The van der Waals surface area contributed by atoms with Crippen molar-refractivity contribution in [1.82, 2.24) is 14.9 Å². The summed E-state index contributed by atoms with van der Waals surface area (Å²) in [6.07, 6.45) is -0.714. The standard InChI is InChI=1S/C16H16F3N3O2/c1-22(11-13-10-20-8-9-21-13)14(23)15(24-2,16(17,18)19)12-6-4-3-5-7-12/h3-10H,11H2,1-2H3. The van der Waals surface area contributed by atoms with Gasteiger partial charge in [0.05, 0.1) is 18.4 Å². The SMILES string of the molecule is COC(C(=O)N(C)Cc1cnccn1)(c1ccccc1)C(F)(F)F. The van der Waals surface area contributed by atoms with Crippen molar-refractivity contribution in [1.29, 1.82) is 0 Å². The number of rotatable bonds is 5. The normalized spacial score (nSPS) is 14.0. The van der Waals surface area contributed by atoms with Crippen LogP contribution in [0.1, 0.15) is 11.3 Å². The van der Waals surface area contributed by atoms with E-state index >= 15 is 0 Å². The molecule has 0 saturated carbocycles. The number of alkyl halides is 3. The number of benzene rings is 1. The summed E-state index contributed by atoms with van der Waals surface area (Å²) in [5.41, 5.74) is -2.99. The molecule has 0 N–H and O–H groups in total. The predicted molar refractivity (Wildman–Crippen MR) is 79.7 cm³/mol. The van der Waals surface area contributed by atoms with Crippen LogP contribution in [0.4, 0.5) is 13.2 Å². The van der Waals surface area contributed by atoms with Crippen LogP contribution < -0.4 is 0 Å². The summed E-state index contributed by atoms with van der Waals surface area (Å²) in [6.45, 7) is -0.124. The number of hydrogen-bond acceptors (Lipinski definition) is 4. The van der Waals surface area contributed by atoms with Gasteiger partial charge in [0.2, 0.25) is 0 Å². The van der Waals surface area contributed by atoms with E-state index in [1.54, 1.807) is 6.07 Å². The Kier molecular flexibility index (Phi) is 5.18. The Balaban J connectivity index is 2.42. The second kappa shape index (κ2) is 6.96. The number of nitrogens with zero attached hydrogens (tertiary/aromatic N) is 3. The Morgan fingerprint density at radius 3 is 2.38 bits per heavy atom. The van der Waals surface area contributed by atoms with Gasteiger partial charge in [0.1, 0.15) is 0 Å². The lowest BCUT2D eigenvalue weighted by Gasteiger charge is -2.36. The van der Waals surface area contributed by atoms with E-state index in [-0.39, 0.29) is 12.1 Å². The average molecular weight is 339 g/mol. The Labute approximate surface area is 137 Å². The van der Waals surface area contributed by atoms with Gasteiger partial charge in [0, 0.05) is 32.1 Å². The minimum absolute atomic E-state index is 0.124. The van der Waals surface area contributed by atoms with Crippen LogP contribution in [-0.2, 0) is 21.7 Å². The molecule has 5 nitrogen and oxygen atoms in total. The highest BCUT2D eigenvalue weighted by molar-refractivity contribution is 5.87. The van der Waals surface area contributed by atoms with E-state index in [1.165, 1.54) is 49.9 Å². The monoisotopic (exact) mass is 339 g/mol. The topological polar surface area (TPSA) is 55.3 Å². The molecule has 0 fully saturated rings. The fraction of sp³-hybridized carbons (Fsp3) is 0.312. The number of aromatic nitrogens is 2. The van der Waals surface area contributed by atoms with Crippen molar-refractivity contribution in [3.05, 3.63) is 60.2 Å². The van der Waals surface area contributed by atoms with Gasteiger partial charge in [-0.25, -0.2) is 0 Å². The van der Waals surface area contributed by atoms with Gasteiger partial charge in [-0.05, 0) is 0 Å². The van der Waals surface area contributed by atoms with Crippen LogP contribution in [0.5, 0.6) is 0 Å². The molecule has 0 radical (unpaired) electrons. The van der Waals surface area contributed by atoms with Crippen LogP contribution in [0, 0.1) is 0 Å². The predicted octanol–water partition coefficient (Wildman–Crippen LogP) is 2.54. The number of amides is 1. The fourth-order valence-electron chi connectivity index (χ4n) is 2.40. The molecule has 0 spiro atoms. The first-order valence-corrected chi connectivity index (χ1v) is 7.00. The fourth-order valence-corrected chi connectivity index (χ4v) is 2.40. The van der Waals surface area contributed by atoms with Gasteiger partial charge < -0.3 is 9.64 Å². The zero-order valence-corrected chi connectivity index (χ0v) is 13.1. The van der Waals surface area contributed by atoms with Crippen molar-refractivity contribution < 1.29 is 22.7 Å². The van der Waals surface area contributed by atoms with Crippen LogP contribution in [0.2, 0.25) is 0 Å². The van der Waals surface area contributed by atoms with Gasteiger partial charge in [-0.15, -0.1) is 0 Å². The first kappa shape index (κ1) is 17.9. The Hall–Kier alpha value is -2.48. The molecule has 0 saturated heterocycles. The third kappa shape index (κ3) is 3.23. The van der Waals surface area contributed by atoms with Gasteiger partial charge >= 0.3 is 6.18 Å². The second-order valence-corrected chi connectivity index (χ2v) is 5.11. The van der Waals surface area contributed by atoms with Crippen molar-refractivity contribution >= 4 is 5.91 Å². The van der Waals surface area contributed by atoms with Crippen LogP contribution in [0.15, 0.2) is 48.9 Å². The van der Waals surface area contributed by atoms with Gasteiger partial charge in [-0.2, -0.15) is 13.2 Å². The third-order valence-corrected chi connectivity index (χ3v) is 3.55. The molecule has 24 heavy (non-hydrogen) atoms. The first-order valence-electron chi connectivity index (χ1n) is 7.00. The molecular weight excluding hydrogens is 323 g/mol. The Morgan fingerprint density at radius 1 is 1.21 bits per heavy atom. The Morgan fingerprint density at radius 2 is 1.88 bits per heavy atom. The first-order chi connectivity index (χ1) is 11.3. The molecule has 1 aromatic carbocycles. The van der Waals surface area contributed by atoms with Crippen molar-refractivity contribution in [3.8, 4) is 0 Å². The molecule has 1 heterocycles. The van der Waals surface area contributed by atoms with Gasteiger partial charge in [0.25, 0.3) is 11.5 Å². The largest absolute Gasteiger partial charge is 0.430 e. The van der Waals surface area contributed by atoms with E-state index in [9.17, 15) is 18.0 Å². The number of carbonyl (C=O) groups is 1. The van der Waals surface area contributed by atoms with E-state index in [4.69, 9.17) is 4.74 Å². The maximum Gasteiger partial charge on any atom is 0.430 e. The molecule has 0 aliphatic heterocycles. The highest BCUT2D eigenvalue weighted by Gasteiger charge is 2.63. The van der Waals surface area contributed by atoms with Gasteiger partial charge in [0.15, 0.2) is 0 Å². The number of ether oxygens (including phenoxy) is 1. The number of hydrogen-bond donors (Lipinski definition) is 0. The summed E-state index contributed by atoms with van der Waals surface area (Å²) in [7, 11) is 2.13. The molecule has 1 aromatic heterocycles. The summed E-state index contributed by atoms with van der Waals surface area (Å²) in [5, 5.41) is 0. The minimum atomic E-state index is -4.93. The lowest BCUT2D eigenvalue weighted by Crippen LogP contribution is -2.55. The maximum absolute atomic E-state index is 13.8. The molecule has 1 amide bonds. The quantitative estimate of drug-likeness (QED) is 0.840. The van der Waals surface area contributed by atoms with E-state index in [2.05, 4.69) is 9.97 Å². The third-order valence-electron chi connectivity index (χ3n) is 3.55. The lowest BCUT2D eigenvalue weighted by atomic mass is 9.91. The molecular formula is C16H16F3N3O2. The van der Waals surface area contributed by atoms with Crippen LogP contribution in [0.25, 0.3) is 0 Å². The Bertz CT molecular complexity index is 680. The molecule has 2 rings (SSSR count). The van der Waals surface area contributed by atoms with Crippen molar-refractivity contribution in [2.24, 2.45) is 0 Å². The van der Waals surface area contributed by atoms with E-state index in [1.807, 2.05) is 0 Å². The summed E-state index contributed by atoms with van der Waals surface area (Å²) < 4.78 is 46.2. The smallest absolute Gasteiger partial charge is 0.356 e. The molecule has 1 unspecified atom stereocenters. The number of methoxy groups -OCH3 is 1. The van der Waals surface area contributed by atoms with Crippen molar-refractivity contribution in [2.75, 3.05) is 14.2 Å². The molecule has 8 heteroatoms. The molecule has 1 atom stereocenters. The van der Waals surface area contributed by atoms with Crippen LogP contribution >= 0.6 is 0 Å². The van der Waals surface area contributed by atoms with E-state index in [0.29, 0.717) is 5.69 Å². The van der Waals surface area contributed by atoms with E-state index in [0.717, 1.165) is 12.0 Å². The summed E-state index contributed by atoms with van der Waals surface area (Å²) >= 11 is 0. The highest BCUT2D eigenvalue weighted by Crippen LogP contribution is 2.43. The lowest BCUT2D eigenvalue weighted by molar-refractivity contribution is -0.270. The highest BCUT2D eigenvalue weighted by atomic mass is 19.4. The maximum atomic E-state index is 13.8. The molecule has 0 aliphatic rings. The zero-order chi connectivity index (χ0) is 17.8.